The minimum atomic E-state index is -5.09. The molecule has 0 atom stereocenters. The molecule has 0 aliphatic heterocycles. The van der Waals surface area contributed by atoms with Gasteiger partial charge in [0.2, 0.25) is 33.0 Å². The van der Waals surface area contributed by atoms with Crippen LogP contribution in [0.4, 0.5) is 22.7 Å². The molecular formula is C34H26Cl2N10Na2O6S2. The molecule has 56 heavy (non-hydrogen) atoms. The number of halogens is 2. The largest absolute Gasteiger partial charge is 1.00 e. The van der Waals surface area contributed by atoms with Crippen LogP contribution >= 0.6 is 23.2 Å². The monoisotopic (exact) mass is 850 g/mol. The number of para-hydroxylation sites is 2. The predicted octanol–water partition coefficient (Wildman–Crippen LogP) is -1.37. The van der Waals surface area contributed by atoms with E-state index in [-0.39, 0.29) is 115 Å². The fourth-order valence-corrected chi connectivity index (χ4v) is 6.64. The summed E-state index contributed by atoms with van der Waals surface area (Å²) in [7, 11) is -10.2. The minimum absolute atomic E-state index is 0. The smallest absolute Gasteiger partial charge is 0.744 e. The molecular weight excluding hydrogens is 825 g/mol. The quantitative estimate of drug-likeness (QED) is 0.0806. The normalized spacial score (nSPS) is 13.2. The third-order valence-electron chi connectivity index (χ3n) is 7.45. The molecule has 0 saturated heterocycles. The van der Waals surface area contributed by atoms with Crippen molar-refractivity contribution in [2.75, 3.05) is 0 Å². The summed E-state index contributed by atoms with van der Waals surface area (Å²) >= 11 is 12.3. The first-order valence-electron chi connectivity index (χ1n) is 15.5. The van der Waals surface area contributed by atoms with Gasteiger partial charge in [-0.1, -0.05) is 60.7 Å². The van der Waals surface area contributed by atoms with Gasteiger partial charge in [-0.25, -0.2) is 36.8 Å². The number of rotatable bonds is 8. The van der Waals surface area contributed by atoms with Gasteiger partial charge in [0, 0.05) is 0 Å². The maximum atomic E-state index is 12.3. The van der Waals surface area contributed by atoms with Gasteiger partial charge in [0.15, 0.2) is 0 Å². The molecule has 0 aliphatic rings. The van der Waals surface area contributed by atoms with Crippen LogP contribution in [-0.4, -0.2) is 55.8 Å². The van der Waals surface area contributed by atoms with E-state index in [0.29, 0.717) is 11.4 Å². The number of aromatic amines is 4. The average Bonchev–Trinajstić information content (AvgIpc) is 3.09. The fourth-order valence-electron chi connectivity index (χ4n) is 4.92. The molecule has 6 rings (SSSR count). The molecule has 0 radical (unpaired) electrons. The molecule has 0 unspecified atom stereocenters. The number of nitrogens with one attached hydrogen (secondary N) is 4. The first-order chi connectivity index (χ1) is 25.6. The molecule has 2 heterocycles. The maximum Gasteiger partial charge on any atom is 1.00 e. The van der Waals surface area contributed by atoms with Crippen LogP contribution in [0.2, 0.25) is 10.6 Å². The number of H-pyrrole nitrogens is 4. The molecule has 0 aliphatic carbocycles. The van der Waals surface area contributed by atoms with E-state index in [1.165, 1.54) is 36.4 Å². The number of hydrogen-bond donors (Lipinski definition) is 4. The predicted molar refractivity (Wildman–Crippen MR) is 197 cm³/mol. The van der Waals surface area contributed by atoms with Crippen molar-refractivity contribution >= 4 is 78.3 Å². The van der Waals surface area contributed by atoms with Crippen LogP contribution in [0.25, 0.3) is 12.2 Å². The van der Waals surface area contributed by atoms with E-state index in [2.05, 4.69) is 49.9 Å². The van der Waals surface area contributed by atoms with Gasteiger partial charge in [-0.05, 0) is 95.7 Å². The first kappa shape index (κ1) is 44.9. The van der Waals surface area contributed by atoms with Gasteiger partial charge in [-0.2, -0.15) is 9.97 Å². The van der Waals surface area contributed by atoms with Crippen LogP contribution in [0.5, 0.6) is 0 Å². The van der Waals surface area contributed by atoms with Crippen molar-refractivity contribution in [1.82, 2.24) is 29.9 Å². The summed E-state index contributed by atoms with van der Waals surface area (Å²) in [5.74, 6) is 0. The molecule has 276 valence electrons. The maximum absolute atomic E-state index is 12.3. The van der Waals surface area contributed by atoms with Crippen LogP contribution in [0.15, 0.2) is 115 Å². The molecule has 0 bridgehead atoms. The van der Waals surface area contributed by atoms with Gasteiger partial charge in [-0.15, -0.1) is 0 Å². The first-order valence-corrected chi connectivity index (χ1v) is 19.1. The van der Waals surface area contributed by atoms with Crippen molar-refractivity contribution < 1.29 is 85.1 Å². The van der Waals surface area contributed by atoms with Gasteiger partial charge < -0.3 is 19.1 Å². The Morgan fingerprint density at radius 2 is 0.946 bits per heavy atom. The van der Waals surface area contributed by atoms with E-state index >= 15 is 0 Å². The van der Waals surface area contributed by atoms with Gasteiger partial charge in [0.05, 0.1) is 32.5 Å². The molecule has 4 aromatic carbocycles. The molecule has 0 spiro atoms. The fraction of sp³-hybridized carbons (Fsp3) is 0.0588. The summed E-state index contributed by atoms with van der Waals surface area (Å²) in [6, 6.07) is 22.0. The Labute approximate surface area is 373 Å². The SMILES string of the molecule is Cc1ccccc1N=c1[nH]c(Cl)nc(=Nc2ccc(/C=C/c3ccc(N=c4nc(Cl)[nH]c(=Nc5ccccc5C)[nH]4)cc3S(=O)(=O)[O-])c(S(=O)(=O)[O-])c2)[nH]1.[Na+].[Na+]. The van der Waals surface area contributed by atoms with Crippen LogP contribution in [0, 0.1) is 13.8 Å². The standard InChI is InChI=1S/C34H28Cl2N10O6S2.2Na/c1-19-7-3-5-9-25(19)39-33-43-29(35)41-31(45-33)37-23-15-13-21(27(17-23)53(47,48)49)11-12-22-14-16-24(18-28(22)54(50,51)52)38-32-42-30(36)44-34(46-32)40-26-10-6-4-8-20(26)2;;/h3-18H,1-2H3,(H,47,48,49)(H,50,51,52)(H2,37,39,41,43,45)(H2,38,40,42,44,46);;/q;2*+1/p-2/b12-11+;;. The van der Waals surface area contributed by atoms with E-state index in [4.69, 9.17) is 23.2 Å². The zero-order valence-electron chi connectivity index (χ0n) is 29.9. The molecule has 16 nitrogen and oxygen atoms in total. The molecule has 6 aromatic rings. The van der Waals surface area contributed by atoms with E-state index in [9.17, 15) is 25.9 Å². The van der Waals surface area contributed by atoms with E-state index in [1.807, 2.05) is 50.2 Å². The van der Waals surface area contributed by atoms with Crippen molar-refractivity contribution in [1.29, 1.82) is 0 Å². The van der Waals surface area contributed by atoms with Crippen LogP contribution < -0.4 is 81.6 Å². The van der Waals surface area contributed by atoms with E-state index in [1.54, 1.807) is 12.1 Å². The second-order valence-electron chi connectivity index (χ2n) is 11.4. The number of benzene rings is 4. The van der Waals surface area contributed by atoms with Crippen molar-refractivity contribution in [3.63, 3.8) is 0 Å². The Bertz CT molecular complexity index is 2780. The zero-order chi connectivity index (χ0) is 38.6. The summed E-state index contributed by atoms with van der Waals surface area (Å²) in [6.45, 7) is 3.74. The molecule has 22 heteroatoms. The van der Waals surface area contributed by atoms with Crippen LogP contribution in [0.1, 0.15) is 22.3 Å². The second-order valence-corrected chi connectivity index (χ2v) is 14.8. The Morgan fingerprint density at radius 3 is 1.30 bits per heavy atom. The van der Waals surface area contributed by atoms with Crippen LogP contribution in [-0.2, 0) is 20.2 Å². The molecule has 0 fully saturated rings. The van der Waals surface area contributed by atoms with Crippen LogP contribution in [0.3, 0.4) is 0 Å². The topological polar surface area (TPSA) is 253 Å². The van der Waals surface area contributed by atoms with Gasteiger partial charge in [-0.3, -0.25) is 9.97 Å². The minimum Gasteiger partial charge on any atom is -0.744 e. The molecule has 2 aromatic heterocycles. The zero-order valence-corrected chi connectivity index (χ0v) is 37.1. The summed E-state index contributed by atoms with van der Waals surface area (Å²) in [5, 5.41) is -0.143. The van der Waals surface area contributed by atoms with E-state index < -0.39 is 30.0 Å². The summed E-state index contributed by atoms with van der Waals surface area (Å²) < 4.78 is 74.1. The van der Waals surface area contributed by atoms with Crippen molar-refractivity contribution in [3.05, 3.63) is 140 Å². The molecule has 0 amide bonds. The Balaban J connectivity index is 0.00000348. The van der Waals surface area contributed by atoms with Gasteiger partial charge in [0.25, 0.3) is 0 Å². The number of aromatic nitrogens is 6. The van der Waals surface area contributed by atoms with Gasteiger partial charge >= 0.3 is 59.1 Å². The number of aryl methyl sites for hydroxylation is 2. The third kappa shape index (κ3) is 11.9. The number of nitrogens with zero attached hydrogens (tertiary/aromatic N) is 6. The third-order valence-corrected chi connectivity index (χ3v) is 9.59. The van der Waals surface area contributed by atoms with Crippen molar-refractivity contribution in [2.24, 2.45) is 20.0 Å². The number of hydrogen-bond acceptors (Lipinski definition) is 12. The average molecular weight is 852 g/mol. The second kappa shape index (κ2) is 19.1. The summed E-state index contributed by atoms with van der Waals surface area (Å²) in [4.78, 5) is 35.4. The Morgan fingerprint density at radius 1 is 0.571 bits per heavy atom. The van der Waals surface area contributed by atoms with E-state index in [0.717, 1.165) is 23.3 Å². The summed E-state index contributed by atoms with van der Waals surface area (Å²) in [5.41, 5.74) is 3.14. The Hall–Kier alpha value is -3.76. The molecule has 4 N–H and O–H groups in total. The van der Waals surface area contributed by atoms with Crippen molar-refractivity contribution in [3.8, 4) is 0 Å². The summed E-state index contributed by atoms with van der Waals surface area (Å²) in [6.07, 6.45) is 2.35. The van der Waals surface area contributed by atoms with Crippen molar-refractivity contribution in [2.45, 2.75) is 23.6 Å². The Kier molecular flexibility index (Phi) is 15.3. The molecule has 0 saturated carbocycles. The van der Waals surface area contributed by atoms with Gasteiger partial charge in [0.1, 0.15) is 20.2 Å².